The van der Waals surface area contributed by atoms with Crippen LogP contribution in [-0.2, 0) is 14.2 Å². The molecule has 0 unspecified atom stereocenters. The first kappa shape index (κ1) is 8.88. The minimum absolute atomic E-state index is 0.267. The van der Waals surface area contributed by atoms with Gasteiger partial charge in [-0.1, -0.05) is 0 Å². The molecule has 0 aromatic heterocycles. The van der Waals surface area contributed by atoms with Crippen LogP contribution in [0.2, 0.25) is 0 Å². The van der Waals surface area contributed by atoms with Crippen LogP contribution in [0.4, 0.5) is 0 Å². The van der Waals surface area contributed by atoms with Crippen molar-refractivity contribution >= 4 is 0 Å². The number of rotatable bonds is 6. The Morgan fingerprint density at radius 2 is 1.78 bits per heavy atom. The first-order valence-corrected chi connectivity index (χ1v) is 2.94. The number of hydrogen-bond acceptors (Lipinski definition) is 3. The van der Waals surface area contributed by atoms with Gasteiger partial charge in [0, 0.05) is 13.2 Å². The SMILES string of the molecule is [CH2]COCOCOCC. The second-order valence-corrected chi connectivity index (χ2v) is 1.34. The van der Waals surface area contributed by atoms with Gasteiger partial charge in [0.2, 0.25) is 0 Å². The summed E-state index contributed by atoms with van der Waals surface area (Å²) in [5.74, 6) is 0. The van der Waals surface area contributed by atoms with Crippen LogP contribution in [0.5, 0.6) is 0 Å². The molecule has 9 heavy (non-hydrogen) atoms. The summed E-state index contributed by atoms with van der Waals surface area (Å²) in [5, 5.41) is 0. The van der Waals surface area contributed by atoms with E-state index in [0.29, 0.717) is 20.0 Å². The Morgan fingerprint density at radius 1 is 1.11 bits per heavy atom. The summed E-state index contributed by atoms with van der Waals surface area (Å²) in [6.45, 7) is 7.05. The van der Waals surface area contributed by atoms with E-state index in [9.17, 15) is 0 Å². The van der Waals surface area contributed by atoms with E-state index in [0.717, 1.165) is 0 Å². The molecule has 0 rings (SSSR count). The second-order valence-electron chi connectivity index (χ2n) is 1.34. The first-order valence-electron chi connectivity index (χ1n) is 2.94. The van der Waals surface area contributed by atoms with E-state index < -0.39 is 0 Å². The molecule has 0 aromatic carbocycles. The van der Waals surface area contributed by atoms with Gasteiger partial charge < -0.3 is 14.2 Å². The van der Waals surface area contributed by atoms with Crippen LogP contribution < -0.4 is 0 Å². The molecule has 0 amide bonds. The van der Waals surface area contributed by atoms with E-state index in [-0.39, 0.29) is 6.79 Å². The van der Waals surface area contributed by atoms with Gasteiger partial charge in [-0.2, -0.15) is 0 Å². The fraction of sp³-hybridized carbons (Fsp3) is 0.833. The number of hydrogen-bond donors (Lipinski definition) is 0. The summed E-state index contributed by atoms with van der Waals surface area (Å²) in [6, 6.07) is 0. The van der Waals surface area contributed by atoms with Crippen LogP contribution in [0.1, 0.15) is 6.92 Å². The normalized spacial score (nSPS) is 10.0. The molecule has 0 heterocycles. The molecule has 0 aromatic rings. The third kappa shape index (κ3) is 7.88. The lowest BCUT2D eigenvalue weighted by atomic mass is 10.9. The first-order chi connectivity index (χ1) is 4.41. The predicted molar refractivity (Wildman–Crippen MR) is 33.8 cm³/mol. The molecular formula is C6H13O3. The van der Waals surface area contributed by atoms with Crippen molar-refractivity contribution in [2.24, 2.45) is 0 Å². The van der Waals surface area contributed by atoms with E-state index in [1.54, 1.807) is 0 Å². The van der Waals surface area contributed by atoms with Gasteiger partial charge in [0.05, 0.1) is 0 Å². The van der Waals surface area contributed by atoms with Gasteiger partial charge in [0.25, 0.3) is 0 Å². The summed E-state index contributed by atoms with van der Waals surface area (Å²) in [5.41, 5.74) is 0. The average molecular weight is 133 g/mol. The average Bonchev–Trinajstić information content (AvgIpc) is 1.89. The third-order valence-corrected chi connectivity index (χ3v) is 0.682. The molecule has 0 aliphatic rings. The quantitative estimate of drug-likeness (QED) is 0.396. The van der Waals surface area contributed by atoms with Gasteiger partial charge in [0.1, 0.15) is 13.6 Å². The third-order valence-electron chi connectivity index (χ3n) is 0.682. The summed E-state index contributed by atoms with van der Waals surface area (Å²) >= 11 is 0. The molecule has 3 heteroatoms. The molecule has 0 bridgehead atoms. The molecule has 0 fully saturated rings. The topological polar surface area (TPSA) is 27.7 Å². The van der Waals surface area contributed by atoms with Gasteiger partial charge in [-0.05, 0) is 13.8 Å². The number of ether oxygens (including phenoxy) is 3. The second kappa shape index (κ2) is 7.88. The molecule has 0 spiro atoms. The van der Waals surface area contributed by atoms with Gasteiger partial charge in [0.15, 0.2) is 0 Å². The van der Waals surface area contributed by atoms with Crippen molar-refractivity contribution in [2.75, 3.05) is 26.8 Å². The van der Waals surface area contributed by atoms with Crippen molar-refractivity contribution in [1.82, 2.24) is 0 Å². The molecule has 0 aliphatic heterocycles. The lowest BCUT2D eigenvalue weighted by Gasteiger charge is -2.02. The zero-order valence-corrected chi connectivity index (χ0v) is 5.76. The van der Waals surface area contributed by atoms with E-state index in [4.69, 9.17) is 14.2 Å². The molecule has 0 saturated heterocycles. The fourth-order valence-electron chi connectivity index (χ4n) is 0.294. The van der Waals surface area contributed by atoms with Crippen LogP contribution in [0.25, 0.3) is 0 Å². The molecule has 55 valence electrons. The van der Waals surface area contributed by atoms with Gasteiger partial charge >= 0.3 is 0 Å². The highest BCUT2D eigenvalue weighted by Gasteiger charge is 1.82. The van der Waals surface area contributed by atoms with Crippen molar-refractivity contribution in [2.45, 2.75) is 6.92 Å². The van der Waals surface area contributed by atoms with Crippen molar-refractivity contribution in [3.63, 3.8) is 0 Å². The molecule has 1 radical (unpaired) electrons. The molecule has 0 saturated carbocycles. The molecule has 0 atom stereocenters. The maximum absolute atomic E-state index is 4.86. The van der Waals surface area contributed by atoms with E-state index in [2.05, 4.69) is 6.92 Å². The van der Waals surface area contributed by atoms with Crippen molar-refractivity contribution in [3.05, 3.63) is 6.92 Å². The summed E-state index contributed by atoms with van der Waals surface area (Å²) in [6.07, 6.45) is 0. The van der Waals surface area contributed by atoms with E-state index in [1.165, 1.54) is 0 Å². The largest absolute Gasteiger partial charge is 0.356 e. The summed E-state index contributed by atoms with van der Waals surface area (Å²) in [4.78, 5) is 0. The van der Waals surface area contributed by atoms with E-state index in [1.807, 2.05) is 6.92 Å². The van der Waals surface area contributed by atoms with Gasteiger partial charge in [-0.3, -0.25) is 0 Å². The molecule has 0 aliphatic carbocycles. The Labute approximate surface area is 55.9 Å². The zero-order valence-electron chi connectivity index (χ0n) is 5.76. The van der Waals surface area contributed by atoms with Gasteiger partial charge in [-0.15, -0.1) is 0 Å². The van der Waals surface area contributed by atoms with Gasteiger partial charge in [-0.25, -0.2) is 0 Å². The van der Waals surface area contributed by atoms with E-state index >= 15 is 0 Å². The van der Waals surface area contributed by atoms with Crippen LogP contribution in [-0.4, -0.2) is 26.8 Å². The standard InChI is InChI=1S/C6H13O3/c1-3-7-5-9-6-8-4-2/h1,3-6H2,2H3. The Kier molecular flexibility index (Phi) is 7.77. The molecule has 0 N–H and O–H groups in total. The minimum Gasteiger partial charge on any atom is -0.356 e. The predicted octanol–water partition coefficient (Wildman–Crippen LogP) is 0.805. The summed E-state index contributed by atoms with van der Waals surface area (Å²) < 4.78 is 14.5. The maximum atomic E-state index is 4.86. The maximum Gasteiger partial charge on any atom is 0.149 e. The Hall–Kier alpha value is -0.120. The lowest BCUT2D eigenvalue weighted by molar-refractivity contribution is -0.124. The highest BCUT2D eigenvalue weighted by molar-refractivity contribution is 4.23. The Morgan fingerprint density at radius 3 is 2.33 bits per heavy atom. The highest BCUT2D eigenvalue weighted by Crippen LogP contribution is 1.78. The Bertz CT molecular complexity index is 41.6. The Balaban J connectivity index is 2.60. The van der Waals surface area contributed by atoms with Crippen molar-refractivity contribution in [1.29, 1.82) is 0 Å². The van der Waals surface area contributed by atoms with Crippen LogP contribution in [0, 0.1) is 6.92 Å². The monoisotopic (exact) mass is 133 g/mol. The van der Waals surface area contributed by atoms with Crippen LogP contribution in [0.15, 0.2) is 0 Å². The molecule has 3 nitrogen and oxygen atoms in total. The zero-order chi connectivity index (χ0) is 6.95. The van der Waals surface area contributed by atoms with Crippen LogP contribution >= 0.6 is 0 Å². The minimum atomic E-state index is 0.267. The van der Waals surface area contributed by atoms with Crippen LogP contribution in [0.3, 0.4) is 0 Å². The molecular weight excluding hydrogens is 120 g/mol. The smallest absolute Gasteiger partial charge is 0.149 e. The summed E-state index contributed by atoms with van der Waals surface area (Å²) in [7, 11) is 0. The van der Waals surface area contributed by atoms with Crippen molar-refractivity contribution in [3.8, 4) is 0 Å². The lowest BCUT2D eigenvalue weighted by Crippen LogP contribution is -2.03. The fourth-order valence-corrected chi connectivity index (χ4v) is 0.294. The van der Waals surface area contributed by atoms with Crippen molar-refractivity contribution < 1.29 is 14.2 Å². The highest BCUT2D eigenvalue weighted by atomic mass is 16.7.